The number of benzene rings is 1. The third kappa shape index (κ3) is 2.62. The fraction of sp³-hybridized carbons (Fsp3) is 0.667. The molecule has 0 amide bonds. The van der Waals surface area contributed by atoms with E-state index in [1.54, 1.807) is 0 Å². The zero-order valence-electron chi connectivity index (χ0n) is 21.0. The van der Waals surface area contributed by atoms with Crippen LogP contribution in [0.4, 0.5) is 0 Å². The van der Waals surface area contributed by atoms with Crippen LogP contribution in [0.25, 0.3) is 10.2 Å². The van der Waals surface area contributed by atoms with Crippen LogP contribution in [0, 0.1) is 34.5 Å². The minimum atomic E-state index is -0.270. The van der Waals surface area contributed by atoms with Gasteiger partial charge in [-0.05, 0) is 112 Å². The third-order valence-electron chi connectivity index (χ3n) is 11.7. The summed E-state index contributed by atoms with van der Waals surface area (Å²) >= 11 is 1.82. The first-order valence-corrected chi connectivity index (χ1v) is 14.3. The zero-order chi connectivity index (χ0) is 23.5. The maximum Gasteiger partial charge on any atom is 0.155 e. The second kappa shape index (κ2) is 6.82. The van der Waals surface area contributed by atoms with Gasteiger partial charge in [-0.1, -0.05) is 31.6 Å². The van der Waals surface area contributed by atoms with E-state index in [0.717, 1.165) is 47.5 Å². The summed E-state index contributed by atoms with van der Waals surface area (Å²) in [5.41, 5.74) is 2.77. The molecule has 4 heteroatoms. The highest BCUT2D eigenvalue weighted by molar-refractivity contribution is 7.18. The van der Waals surface area contributed by atoms with Gasteiger partial charge in [0.2, 0.25) is 0 Å². The van der Waals surface area contributed by atoms with Crippen molar-refractivity contribution in [1.29, 1.82) is 0 Å². The molecular weight excluding hydrogens is 438 g/mol. The van der Waals surface area contributed by atoms with Crippen molar-refractivity contribution in [2.75, 3.05) is 0 Å². The lowest BCUT2D eigenvalue weighted by Crippen LogP contribution is -2.52. The molecule has 2 heterocycles. The first kappa shape index (κ1) is 21.7. The minimum Gasteiger partial charge on any atom is -0.355 e. The SMILES string of the molecule is C[C@]12CC[C@H]3[C@@H](CCC4=CC(=O)CC[C@@]43C)[C@@H]1CC[C@@H]2[C@]1(C)O[C@@]1(C)c1nc2ccccc2s1. The first-order chi connectivity index (χ1) is 16.2. The van der Waals surface area contributed by atoms with Gasteiger partial charge in [-0.15, -0.1) is 11.3 Å². The molecule has 3 nitrogen and oxygen atoms in total. The van der Waals surface area contributed by atoms with Crippen molar-refractivity contribution < 1.29 is 9.53 Å². The average molecular weight is 476 g/mol. The summed E-state index contributed by atoms with van der Waals surface area (Å²) in [6, 6.07) is 8.49. The van der Waals surface area contributed by atoms with E-state index in [9.17, 15) is 4.79 Å². The minimum absolute atomic E-state index is 0.127. The van der Waals surface area contributed by atoms with Crippen LogP contribution in [-0.4, -0.2) is 16.4 Å². The number of para-hydroxylation sites is 1. The number of aromatic nitrogens is 1. The second-order valence-electron chi connectivity index (χ2n) is 12.9. The predicted octanol–water partition coefficient (Wildman–Crippen LogP) is 7.45. The van der Waals surface area contributed by atoms with E-state index < -0.39 is 0 Å². The van der Waals surface area contributed by atoms with Crippen LogP contribution in [0.5, 0.6) is 0 Å². The number of thiazole rings is 1. The molecule has 5 aliphatic rings. The Morgan fingerprint density at radius 3 is 2.62 bits per heavy atom. The molecule has 7 rings (SSSR count). The van der Waals surface area contributed by atoms with Crippen molar-refractivity contribution in [3.63, 3.8) is 0 Å². The van der Waals surface area contributed by atoms with Gasteiger partial charge in [-0.3, -0.25) is 4.79 Å². The molecule has 1 aromatic heterocycles. The molecule has 0 radical (unpaired) electrons. The van der Waals surface area contributed by atoms with Gasteiger partial charge in [0.25, 0.3) is 0 Å². The van der Waals surface area contributed by atoms with Gasteiger partial charge in [-0.2, -0.15) is 0 Å². The molecule has 34 heavy (non-hydrogen) atoms. The summed E-state index contributed by atoms with van der Waals surface area (Å²) in [6.45, 7) is 9.78. The number of fused-ring (bicyclic) bond motifs is 6. The van der Waals surface area contributed by atoms with Gasteiger partial charge in [0.05, 0.1) is 10.2 Å². The number of ether oxygens (including phenoxy) is 1. The van der Waals surface area contributed by atoms with E-state index in [0.29, 0.717) is 17.1 Å². The van der Waals surface area contributed by atoms with E-state index in [1.807, 2.05) is 17.4 Å². The number of rotatable bonds is 2. The van der Waals surface area contributed by atoms with Crippen LogP contribution in [0.2, 0.25) is 0 Å². The smallest absolute Gasteiger partial charge is 0.155 e. The summed E-state index contributed by atoms with van der Waals surface area (Å²) in [6.07, 6.45) is 11.5. The fourth-order valence-corrected chi connectivity index (χ4v) is 10.8. The summed E-state index contributed by atoms with van der Waals surface area (Å²) in [7, 11) is 0. The summed E-state index contributed by atoms with van der Waals surface area (Å²) < 4.78 is 8.02. The monoisotopic (exact) mass is 475 g/mol. The molecule has 4 fully saturated rings. The topological polar surface area (TPSA) is 42.5 Å². The summed E-state index contributed by atoms with van der Waals surface area (Å²) in [5.74, 6) is 3.28. The van der Waals surface area contributed by atoms with Crippen molar-refractivity contribution in [3.05, 3.63) is 40.9 Å². The molecule has 3 saturated carbocycles. The Morgan fingerprint density at radius 2 is 1.79 bits per heavy atom. The van der Waals surface area contributed by atoms with Gasteiger partial charge in [0.15, 0.2) is 5.78 Å². The molecule has 0 unspecified atom stereocenters. The molecule has 0 N–H and O–H groups in total. The van der Waals surface area contributed by atoms with Gasteiger partial charge in [0, 0.05) is 6.42 Å². The number of epoxide rings is 1. The highest BCUT2D eigenvalue weighted by atomic mass is 32.1. The highest BCUT2D eigenvalue weighted by Crippen LogP contribution is 2.73. The normalized spacial score (nSPS) is 47.6. The van der Waals surface area contributed by atoms with E-state index >= 15 is 0 Å². The van der Waals surface area contributed by atoms with E-state index in [1.165, 1.54) is 42.4 Å². The molecule has 180 valence electrons. The third-order valence-corrected chi connectivity index (χ3v) is 12.9. The number of carbonyl (C=O) groups excluding carboxylic acids is 1. The van der Waals surface area contributed by atoms with E-state index in [2.05, 4.69) is 52.0 Å². The lowest BCUT2D eigenvalue weighted by Gasteiger charge is -2.58. The molecule has 2 aromatic rings. The molecule has 1 aromatic carbocycles. The fourth-order valence-electron chi connectivity index (χ4n) is 9.60. The molecule has 1 saturated heterocycles. The van der Waals surface area contributed by atoms with Crippen molar-refractivity contribution in [2.24, 2.45) is 34.5 Å². The van der Waals surface area contributed by atoms with E-state index in [-0.39, 0.29) is 16.6 Å². The number of nitrogens with zero attached hydrogens (tertiary/aromatic N) is 1. The van der Waals surface area contributed by atoms with Crippen molar-refractivity contribution >= 4 is 27.3 Å². The molecule has 1 aliphatic heterocycles. The lowest BCUT2D eigenvalue weighted by molar-refractivity contribution is -0.117. The lowest BCUT2D eigenvalue weighted by atomic mass is 9.46. The molecular formula is C30H37NO2S. The molecule has 0 bridgehead atoms. The van der Waals surface area contributed by atoms with Crippen LogP contribution in [0.15, 0.2) is 35.9 Å². The van der Waals surface area contributed by atoms with Gasteiger partial charge in [0.1, 0.15) is 16.2 Å². The van der Waals surface area contributed by atoms with Crippen LogP contribution >= 0.6 is 11.3 Å². The second-order valence-corrected chi connectivity index (χ2v) is 13.9. The number of hydrogen-bond donors (Lipinski definition) is 0. The van der Waals surface area contributed by atoms with Gasteiger partial charge >= 0.3 is 0 Å². The Balaban J connectivity index is 1.19. The van der Waals surface area contributed by atoms with Gasteiger partial charge < -0.3 is 4.74 Å². The van der Waals surface area contributed by atoms with Crippen molar-refractivity contribution in [3.8, 4) is 0 Å². The Labute approximate surface area is 207 Å². The van der Waals surface area contributed by atoms with Crippen LogP contribution < -0.4 is 0 Å². The van der Waals surface area contributed by atoms with Crippen LogP contribution in [-0.2, 0) is 15.1 Å². The Bertz CT molecular complexity index is 1200. The zero-order valence-corrected chi connectivity index (χ0v) is 21.8. The molecule has 4 aliphatic carbocycles. The van der Waals surface area contributed by atoms with Crippen LogP contribution in [0.1, 0.15) is 84.1 Å². The van der Waals surface area contributed by atoms with Crippen molar-refractivity contribution in [2.45, 2.75) is 90.3 Å². The van der Waals surface area contributed by atoms with Crippen molar-refractivity contribution in [1.82, 2.24) is 4.98 Å². The highest BCUT2D eigenvalue weighted by Gasteiger charge is 2.75. The number of carbonyl (C=O) groups is 1. The quantitative estimate of drug-likeness (QED) is 0.424. The van der Waals surface area contributed by atoms with Gasteiger partial charge in [-0.25, -0.2) is 4.98 Å². The molecule has 8 atom stereocenters. The maximum atomic E-state index is 12.2. The Hall–Kier alpha value is -1.52. The number of hydrogen-bond acceptors (Lipinski definition) is 4. The number of allylic oxidation sites excluding steroid dienone is 1. The summed E-state index contributed by atoms with van der Waals surface area (Å²) in [4.78, 5) is 17.2. The van der Waals surface area contributed by atoms with E-state index in [4.69, 9.17) is 9.72 Å². The standard InChI is InChI=1S/C30H37NO2S/c1-27-15-13-19(32)17-18(27)9-10-20-21-11-12-25(28(21,2)16-14-22(20)27)29(3)30(4,33-29)26-31-23-7-5-6-8-24(23)34-26/h5-8,17,20-22,25H,9-16H2,1-4H3/t20-,21-,22-,25-,27-,28-,29-,30-/m0/s1. The largest absolute Gasteiger partial charge is 0.355 e. The number of ketones is 1. The first-order valence-electron chi connectivity index (χ1n) is 13.5. The molecule has 0 spiro atoms. The summed E-state index contributed by atoms with van der Waals surface area (Å²) in [5, 5.41) is 1.16. The maximum absolute atomic E-state index is 12.2. The predicted molar refractivity (Wildman–Crippen MR) is 137 cm³/mol. The Kier molecular flexibility index (Phi) is 4.36. The average Bonchev–Trinajstić information content (AvgIpc) is 3.13. The Morgan fingerprint density at radius 1 is 0.971 bits per heavy atom. The van der Waals surface area contributed by atoms with Crippen LogP contribution in [0.3, 0.4) is 0 Å².